The third-order valence-corrected chi connectivity index (χ3v) is 3.34. The van der Waals surface area contributed by atoms with Gasteiger partial charge in [0, 0.05) is 11.4 Å². The average Bonchev–Trinajstić information content (AvgIpc) is 2.97. The van der Waals surface area contributed by atoms with E-state index >= 15 is 0 Å². The number of rotatable bonds is 6. The number of aromatic carboxylic acids is 1. The fourth-order valence-corrected chi connectivity index (χ4v) is 2.15. The SMILES string of the molecule is O=C(O)c1cc(-c2ccc(C(O)C(O)CCCl)cc2)n[nH]1. The summed E-state index contributed by atoms with van der Waals surface area (Å²) in [5, 5.41) is 34.8. The number of nitrogens with zero attached hydrogens (tertiary/aromatic N) is 1. The number of halogens is 1. The van der Waals surface area contributed by atoms with Gasteiger partial charge in [0.05, 0.1) is 11.8 Å². The summed E-state index contributed by atoms with van der Waals surface area (Å²) in [6.07, 6.45) is -1.63. The molecule has 1 aromatic carbocycles. The van der Waals surface area contributed by atoms with Crippen LogP contribution in [0.4, 0.5) is 0 Å². The third kappa shape index (κ3) is 3.60. The van der Waals surface area contributed by atoms with E-state index in [4.69, 9.17) is 16.7 Å². The first-order valence-corrected chi connectivity index (χ1v) is 6.87. The van der Waals surface area contributed by atoms with Gasteiger partial charge in [-0.2, -0.15) is 5.10 Å². The first-order chi connectivity index (χ1) is 10.0. The topological polar surface area (TPSA) is 106 Å². The molecule has 0 amide bonds. The monoisotopic (exact) mass is 310 g/mol. The van der Waals surface area contributed by atoms with Gasteiger partial charge in [0.15, 0.2) is 0 Å². The number of carboxylic acid groups (broad SMARTS) is 1. The molecule has 1 heterocycles. The second-order valence-electron chi connectivity index (χ2n) is 4.58. The average molecular weight is 311 g/mol. The molecule has 2 atom stereocenters. The van der Waals surface area contributed by atoms with Crippen LogP contribution in [0.3, 0.4) is 0 Å². The number of carboxylic acids is 1. The lowest BCUT2D eigenvalue weighted by molar-refractivity contribution is 0.0170. The summed E-state index contributed by atoms with van der Waals surface area (Å²) < 4.78 is 0. The summed E-state index contributed by atoms with van der Waals surface area (Å²) in [5.74, 6) is -0.813. The Morgan fingerprint density at radius 2 is 1.95 bits per heavy atom. The van der Waals surface area contributed by atoms with Crippen molar-refractivity contribution in [2.45, 2.75) is 18.6 Å². The van der Waals surface area contributed by atoms with Gasteiger partial charge in [0.2, 0.25) is 0 Å². The zero-order chi connectivity index (χ0) is 15.4. The van der Waals surface area contributed by atoms with Crippen molar-refractivity contribution in [2.75, 3.05) is 5.88 Å². The summed E-state index contributed by atoms with van der Waals surface area (Å²) >= 11 is 5.53. The number of carbonyl (C=O) groups is 1. The van der Waals surface area contributed by atoms with E-state index in [-0.39, 0.29) is 11.6 Å². The lowest BCUT2D eigenvalue weighted by Crippen LogP contribution is -2.18. The van der Waals surface area contributed by atoms with Gasteiger partial charge >= 0.3 is 5.97 Å². The normalized spacial score (nSPS) is 13.9. The summed E-state index contributed by atoms with van der Waals surface area (Å²) in [4.78, 5) is 10.8. The Hall–Kier alpha value is -1.89. The molecule has 1 aromatic heterocycles. The molecule has 0 saturated carbocycles. The Morgan fingerprint density at radius 3 is 2.48 bits per heavy atom. The Bertz CT molecular complexity index is 612. The molecule has 0 bridgehead atoms. The van der Waals surface area contributed by atoms with Crippen LogP contribution in [0.25, 0.3) is 11.3 Å². The Kier molecular flexibility index (Phi) is 4.95. The van der Waals surface area contributed by atoms with Gasteiger partial charge in [0.25, 0.3) is 0 Å². The van der Waals surface area contributed by atoms with Crippen LogP contribution in [0, 0.1) is 0 Å². The van der Waals surface area contributed by atoms with Crippen molar-refractivity contribution in [1.82, 2.24) is 10.2 Å². The maximum atomic E-state index is 10.8. The van der Waals surface area contributed by atoms with E-state index in [1.54, 1.807) is 24.3 Å². The molecule has 2 unspecified atom stereocenters. The second-order valence-corrected chi connectivity index (χ2v) is 4.96. The molecular formula is C14H15ClN2O4. The van der Waals surface area contributed by atoms with Gasteiger partial charge in [-0.25, -0.2) is 4.79 Å². The van der Waals surface area contributed by atoms with Crippen molar-refractivity contribution in [3.05, 3.63) is 41.6 Å². The third-order valence-electron chi connectivity index (χ3n) is 3.13. The highest BCUT2D eigenvalue weighted by molar-refractivity contribution is 6.17. The maximum Gasteiger partial charge on any atom is 0.353 e. The van der Waals surface area contributed by atoms with Crippen LogP contribution in [-0.2, 0) is 0 Å². The number of hydrogen-bond acceptors (Lipinski definition) is 4. The molecule has 0 aliphatic heterocycles. The fourth-order valence-electron chi connectivity index (χ4n) is 1.92. The van der Waals surface area contributed by atoms with E-state index in [9.17, 15) is 15.0 Å². The molecule has 21 heavy (non-hydrogen) atoms. The zero-order valence-corrected chi connectivity index (χ0v) is 11.8. The lowest BCUT2D eigenvalue weighted by atomic mass is 10.0. The van der Waals surface area contributed by atoms with E-state index in [1.807, 2.05) is 0 Å². The van der Waals surface area contributed by atoms with Crippen LogP contribution < -0.4 is 0 Å². The molecule has 2 rings (SSSR count). The standard InChI is InChI=1S/C14H15ClN2O4/c15-6-5-12(18)13(19)9-3-1-8(2-4-9)10-7-11(14(20)21)17-16-10/h1-4,7,12-13,18-19H,5-6H2,(H,16,17)(H,20,21). The summed E-state index contributed by atoms with van der Waals surface area (Å²) in [7, 11) is 0. The molecule has 112 valence electrons. The number of benzene rings is 1. The molecular weight excluding hydrogens is 296 g/mol. The van der Waals surface area contributed by atoms with E-state index in [1.165, 1.54) is 6.07 Å². The van der Waals surface area contributed by atoms with E-state index < -0.39 is 18.2 Å². The largest absolute Gasteiger partial charge is 0.477 e. The highest BCUT2D eigenvalue weighted by atomic mass is 35.5. The summed E-state index contributed by atoms with van der Waals surface area (Å²) in [6.45, 7) is 0. The lowest BCUT2D eigenvalue weighted by Gasteiger charge is -2.17. The van der Waals surface area contributed by atoms with Crippen LogP contribution >= 0.6 is 11.6 Å². The van der Waals surface area contributed by atoms with Gasteiger partial charge < -0.3 is 15.3 Å². The summed E-state index contributed by atoms with van der Waals surface area (Å²) in [6, 6.07) is 8.15. The van der Waals surface area contributed by atoms with E-state index in [0.29, 0.717) is 23.2 Å². The molecule has 0 aliphatic carbocycles. The van der Waals surface area contributed by atoms with Crippen LogP contribution in [0.5, 0.6) is 0 Å². The van der Waals surface area contributed by atoms with Crippen molar-refractivity contribution in [2.24, 2.45) is 0 Å². The molecule has 0 fully saturated rings. The van der Waals surface area contributed by atoms with Crippen molar-refractivity contribution < 1.29 is 20.1 Å². The van der Waals surface area contributed by atoms with Gasteiger partial charge in [-0.3, -0.25) is 5.10 Å². The Balaban J connectivity index is 2.16. The minimum absolute atomic E-state index is 0.00615. The van der Waals surface area contributed by atoms with E-state index in [0.717, 1.165) is 0 Å². The van der Waals surface area contributed by atoms with Crippen LogP contribution in [0.2, 0.25) is 0 Å². The van der Waals surface area contributed by atoms with Crippen molar-refractivity contribution in [3.8, 4) is 11.3 Å². The number of aliphatic hydroxyl groups is 2. The molecule has 4 N–H and O–H groups in total. The van der Waals surface area contributed by atoms with Crippen LogP contribution in [0.15, 0.2) is 30.3 Å². The number of alkyl halides is 1. The number of aromatic nitrogens is 2. The summed E-state index contributed by atoms with van der Waals surface area (Å²) in [5.41, 5.74) is 1.77. The quantitative estimate of drug-likeness (QED) is 0.609. The highest BCUT2D eigenvalue weighted by Gasteiger charge is 2.18. The number of nitrogens with one attached hydrogen (secondary N) is 1. The molecule has 6 nitrogen and oxygen atoms in total. The van der Waals surface area contributed by atoms with Gasteiger partial charge in [-0.05, 0) is 18.1 Å². The number of aliphatic hydroxyl groups excluding tert-OH is 2. The predicted molar refractivity (Wildman–Crippen MR) is 77.3 cm³/mol. The highest BCUT2D eigenvalue weighted by Crippen LogP contribution is 2.23. The van der Waals surface area contributed by atoms with Crippen LogP contribution in [0.1, 0.15) is 28.6 Å². The van der Waals surface area contributed by atoms with Gasteiger partial charge in [0.1, 0.15) is 11.8 Å². The van der Waals surface area contributed by atoms with Crippen molar-refractivity contribution in [3.63, 3.8) is 0 Å². The van der Waals surface area contributed by atoms with Crippen LogP contribution in [-0.4, -0.2) is 43.5 Å². The van der Waals surface area contributed by atoms with Gasteiger partial charge in [-0.15, -0.1) is 11.6 Å². The predicted octanol–water partition coefficient (Wildman–Crippen LogP) is 1.80. The zero-order valence-electron chi connectivity index (χ0n) is 11.0. The molecule has 2 aromatic rings. The minimum atomic E-state index is -1.08. The van der Waals surface area contributed by atoms with Gasteiger partial charge in [-0.1, -0.05) is 24.3 Å². The van der Waals surface area contributed by atoms with Crippen molar-refractivity contribution >= 4 is 17.6 Å². The smallest absolute Gasteiger partial charge is 0.353 e. The molecule has 0 aliphatic rings. The fraction of sp³-hybridized carbons (Fsp3) is 0.286. The molecule has 7 heteroatoms. The van der Waals surface area contributed by atoms with E-state index in [2.05, 4.69) is 10.2 Å². The first kappa shape index (κ1) is 15.5. The molecule has 0 radical (unpaired) electrons. The first-order valence-electron chi connectivity index (χ1n) is 6.34. The Labute approximate surface area is 126 Å². The maximum absolute atomic E-state index is 10.8. The Morgan fingerprint density at radius 1 is 1.29 bits per heavy atom. The minimum Gasteiger partial charge on any atom is -0.477 e. The van der Waals surface area contributed by atoms with Crippen molar-refractivity contribution in [1.29, 1.82) is 0 Å². The number of aromatic amines is 1. The second kappa shape index (κ2) is 6.71. The molecule has 0 saturated heterocycles. The number of H-pyrrole nitrogens is 1. The number of hydrogen-bond donors (Lipinski definition) is 4. The molecule has 0 spiro atoms.